The first kappa shape index (κ1) is 16.7. The van der Waals surface area contributed by atoms with Gasteiger partial charge >= 0.3 is 0 Å². The second-order valence-corrected chi connectivity index (χ2v) is 5.96. The highest BCUT2D eigenvalue weighted by molar-refractivity contribution is 5.85. The number of carbonyl (C=O) groups excluding carboxylic acids is 1. The number of rotatable bonds is 2. The van der Waals surface area contributed by atoms with Gasteiger partial charge in [0, 0.05) is 30.7 Å². The minimum Gasteiger partial charge on any atom is -0.350 e. The first-order chi connectivity index (χ1) is 7.26. The van der Waals surface area contributed by atoms with Crippen LogP contribution in [0.5, 0.6) is 0 Å². The lowest BCUT2D eigenvalue weighted by molar-refractivity contribution is -0.124. The highest BCUT2D eigenvalue weighted by Crippen LogP contribution is 2.04. The molecular formula is C12H26ClN3O. The second-order valence-electron chi connectivity index (χ2n) is 5.96. The van der Waals surface area contributed by atoms with Crippen molar-refractivity contribution in [2.24, 2.45) is 0 Å². The van der Waals surface area contributed by atoms with Crippen molar-refractivity contribution in [2.75, 3.05) is 19.6 Å². The van der Waals surface area contributed by atoms with Crippen LogP contribution in [-0.2, 0) is 4.79 Å². The number of amides is 1. The summed E-state index contributed by atoms with van der Waals surface area (Å²) in [6.07, 6.45) is 0. The van der Waals surface area contributed by atoms with Crippen molar-refractivity contribution in [3.05, 3.63) is 0 Å². The van der Waals surface area contributed by atoms with Gasteiger partial charge < -0.3 is 10.6 Å². The van der Waals surface area contributed by atoms with Crippen LogP contribution in [-0.4, -0.2) is 48.1 Å². The van der Waals surface area contributed by atoms with Gasteiger partial charge in [0.2, 0.25) is 5.91 Å². The Morgan fingerprint density at radius 3 is 2.18 bits per heavy atom. The molecule has 4 nitrogen and oxygen atoms in total. The molecule has 17 heavy (non-hydrogen) atoms. The van der Waals surface area contributed by atoms with Crippen LogP contribution >= 0.6 is 12.4 Å². The SMILES string of the molecule is CC1CN(CC(=O)NC(C)(C)C)CC(C)N1.Cl. The Balaban J connectivity index is 0.00000256. The van der Waals surface area contributed by atoms with Crippen molar-refractivity contribution in [1.82, 2.24) is 15.5 Å². The summed E-state index contributed by atoms with van der Waals surface area (Å²) in [4.78, 5) is 14.0. The first-order valence-electron chi connectivity index (χ1n) is 6.05. The van der Waals surface area contributed by atoms with Crippen LogP contribution in [0.25, 0.3) is 0 Å². The molecule has 0 saturated carbocycles. The molecular weight excluding hydrogens is 238 g/mol. The number of nitrogens with zero attached hydrogens (tertiary/aromatic N) is 1. The van der Waals surface area contributed by atoms with E-state index in [0.29, 0.717) is 18.6 Å². The average Bonchev–Trinajstić information content (AvgIpc) is 1.96. The van der Waals surface area contributed by atoms with Gasteiger partial charge in [-0.25, -0.2) is 0 Å². The quantitative estimate of drug-likeness (QED) is 0.782. The normalized spacial score (nSPS) is 26.2. The van der Waals surface area contributed by atoms with E-state index in [2.05, 4.69) is 29.4 Å². The fraction of sp³-hybridized carbons (Fsp3) is 0.917. The summed E-state index contributed by atoms with van der Waals surface area (Å²) in [6.45, 7) is 12.7. The summed E-state index contributed by atoms with van der Waals surface area (Å²) in [7, 11) is 0. The van der Waals surface area contributed by atoms with Crippen molar-refractivity contribution < 1.29 is 4.79 Å². The molecule has 5 heteroatoms. The van der Waals surface area contributed by atoms with Crippen molar-refractivity contribution in [3.63, 3.8) is 0 Å². The van der Waals surface area contributed by atoms with E-state index in [4.69, 9.17) is 0 Å². The molecule has 0 aliphatic carbocycles. The zero-order valence-electron chi connectivity index (χ0n) is 11.5. The third-order valence-corrected chi connectivity index (χ3v) is 2.51. The van der Waals surface area contributed by atoms with Gasteiger partial charge in [0.15, 0.2) is 0 Å². The molecule has 2 N–H and O–H groups in total. The highest BCUT2D eigenvalue weighted by Gasteiger charge is 2.23. The Labute approximate surface area is 111 Å². The van der Waals surface area contributed by atoms with Gasteiger partial charge in [-0.3, -0.25) is 9.69 Å². The molecule has 2 atom stereocenters. The third-order valence-electron chi connectivity index (χ3n) is 2.51. The first-order valence-corrected chi connectivity index (χ1v) is 6.05. The highest BCUT2D eigenvalue weighted by atomic mass is 35.5. The van der Waals surface area contributed by atoms with Gasteiger partial charge in [-0.15, -0.1) is 12.4 Å². The van der Waals surface area contributed by atoms with E-state index in [0.717, 1.165) is 13.1 Å². The predicted octanol–water partition coefficient (Wildman–Crippen LogP) is 1.01. The summed E-state index contributed by atoms with van der Waals surface area (Å²) in [5.41, 5.74) is -0.137. The van der Waals surface area contributed by atoms with Crippen molar-refractivity contribution in [3.8, 4) is 0 Å². The van der Waals surface area contributed by atoms with Gasteiger partial charge in [-0.2, -0.15) is 0 Å². The maximum atomic E-state index is 11.8. The average molecular weight is 264 g/mol. The number of hydrogen-bond acceptors (Lipinski definition) is 3. The minimum absolute atomic E-state index is 0. The molecule has 0 aromatic heterocycles. The smallest absolute Gasteiger partial charge is 0.234 e. The molecule has 0 aromatic rings. The number of nitrogens with one attached hydrogen (secondary N) is 2. The van der Waals surface area contributed by atoms with E-state index < -0.39 is 0 Å². The predicted molar refractivity (Wildman–Crippen MR) is 73.6 cm³/mol. The molecule has 1 rings (SSSR count). The van der Waals surface area contributed by atoms with E-state index in [-0.39, 0.29) is 23.9 Å². The van der Waals surface area contributed by atoms with Gasteiger partial charge in [-0.05, 0) is 34.6 Å². The topological polar surface area (TPSA) is 44.4 Å². The van der Waals surface area contributed by atoms with Crippen molar-refractivity contribution >= 4 is 18.3 Å². The Bertz CT molecular complexity index is 243. The van der Waals surface area contributed by atoms with E-state index in [9.17, 15) is 4.79 Å². The number of halogens is 1. The molecule has 2 unspecified atom stereocenters. The lowest BCUT2D eigenvalue weighted by atomic mass is 10.1. The molecule has 0 aromatic carbocycles. The van der Waals surface area contributed by atoms with E-state index in [1.54, 1.807) is 0 Å². The summed E-state index contributed by atoms with van der Waals surface area (Å²) >= 11 is 0. The van der Waals surface area contributed by atoms with Crippen molar-refractivity contribution in [1.29, 1.82) is 0 Å². The van der Waals surface area contributed by atoms with Crippen LogP contribution in [0.15, 0.2) is 0 Å². The Morgan fingerprint density at radius 2 is 1.76 bits per heavy atom. The summed E-state index contributed by atoms with van der Waals surface area (Å²) in [5.74, 6) is 0.119. The Morgan fingerprint density at radius 1 is 1.29 bits per heavy atom. The lowest BCUT2D eigenvalue weighted by Crippen LogP contribution is -2.56. The standard InChI is InChI=1S/C12H25N3O.ClH/c1-9-6-15(7-10(2)13-9)8-11(16)14-12(3,4)5;/h9-10,13H,6-8H2,1-5H3,(H,14,16);1H. The van der Waals surface area contributed by atoms with Gasteiger partial charge in [0.05, 0.1) is 6.54 Å². The third kappa shape index (κ3) is 6.86. The van der Waals surface area contributed by atoms with E-state index >= 15 is 0 Å². The van der Waals surface area contributed by atoms with Crippen LogP contribution in [0.3, 0.4) is 0 Å². The zero-order chi connectivity index (χ0) is 12.3. The molecule has 1 amide bonds. The monoisotopic (exact) mass is 263 g/mol. The van der Waals surface area contributed by atoms with Crippen molar-refractivity contribution in [2.45, 2.75) is 52.2 Å². The second kappa shape index (κ2) is 6.57. The molecule has 1 aliphatic heterocycles. The van der Waals surface area contributed by atoms with Crippen LogP contribution in [0.4, 0.5) is 0 Å². The molecule has 0 radical (unpaired) electrons. The van der Waals surface area contributed by atoms with E-state index in [1.807, 2.05) is 20.8 Å². The van der Waals surface area contributed by atoms with Gasteiger partial charge in [-0.1, -0.05) is 0 Å². The summed E-state index contributed by atoms with van der Waals surface area (Å²) < 4.78 is 0. The number of carbonyl (C=O) groups is 1. The number of piperazine rings is 1. The minimum atomic E-state index is -0.137. The number of hydrogen-bond donors (Lipinski definition) is 2. The maximum Gasteiger partial charge on any atom is 0.234 e. The maximum absolute atomic E-state index is 11.8. The summed E-state index contributed by atoms with van der Waals surface area (Å²) in [5, 5.41) is 6.45. The molecule has 0 spiro atoms. The zero-order valence-corrected chi connectivity index (χ0v) is 12.4. The van der Waals surface area contributed by atoms with Crippen LogP contribution in [0.1, 0.15) is 34.6 Å². The van der Waals surface area contributed by atoms with Crippen LogP contribution in [0.2, 0.25) is 0 Å². The fourth-order valence-electron chi connectivity index (χ4n) is 2.23. The Kier molecular flexibility index (Phi) is 6.45. The molecule has 1 heterocycles. The van der Waals surface area contributed by atoms with Gasteiger partial charge in [0.1, 0.15) is 0 Å². The largest absolute Gasteiger partial charge is 0.350 e. The molecule has 1 fully saturated rings. The van der Waals surface area contributed by atoms with Crippen LogP contribution < -0.4 is 10.6 Å². The molecule has 102 valence electrons. The summed E-state index contributed by atoms with van der Waals surface area (Å²) in [6, 6.07) is 0.928. The van der Waals surface area contributed by atoms with Gasteiger partial charge in [0.25, 0.3) is 0 Å². The fourth-order valence-corrected chi connectivity index (χ4v) is 2.23. The molecule has 1 aliphatic rings. The van der Waals surface area contributed by atoms with Crippen LogP contribution in [0, 0.1) is 0 Å². The van der Waals surface area contributed by atoms with E-state index in [1.165, 1.54) is 0 Å². The Hall–Kier alpha value is -0.320. The molecule has 0 bridgehead atoms. The molecule has 1 saturated heterocycles. The lowest BCUT2D eigenvalue weighted by Gasteiger charge is -2.36.